The molecule has 35 heavy (non-hydrogen) atoms. The fourth-order valence-electron chi connectivity index (χ4n) is 4.01. The minimum atomic E-state index is -0.354. The van der Waals surface area contributed by atoms with Gasteiger partial charge in [-0.2, -0.15) is 0 Å². The molecule has 0 aliphatic heterocycles. The average Bonchev–Trinajstić information content (AvgIpc) is 3.64. The summed E-state index contributed by atoms with van der Waals surface area (Å²) in [5.41, 5.74) is 5.55. The van der Waals surface area contributed by atoms with E-state index in [1.165, 1.54) is 18.6 Å². The van der Waals surface area contributed by atoms with Gasteiger partial charge >= 0.3 is 0 Å². The normalized spacial score (nSPS) is 13.2. The first-order chi connectivity index (χ1) is 17.2. The van der Waals surface area contributed by atoms with Gasteiger partial charge in [-0.05, 0) is 30.5 Å². The number of imidazole rings is 1. The summed E-state index contributed by atoms with van der Waals surface area (Å²) < 4.78 is 18.7. The lowest BCUT2D eigenvalue weighted by Gasteiger charge is -2.13. The van der Waals surface area contributed by atoms with Gasteiger partial charge in [-0.3, -0.25) is 4.98 Å². The van der Waals surface area contributed by atoms with E-state index >= 15 is 0 Å². The molecule has 174 valence electrons. The maximum atomic E-state index is 13.2. The first-order valence-corrected chi connectivity index (χ1v) is 11.2. The van der Waals surface area contributed by atoms with Crippen molar-refractivity contribution < 1.29 is 9.13 Å². The number of hydrogen-bond acceptors (Lipinski definition) is 8. The van der Waals surface area contributed by atoms with Crippen molar-refractivity contribution in [3.05, 3.63) is 72.3 Å². The summed E-state index contributed by atoms with van der Waals surface area (Å²) in [4.78, 5) is 29.9. The third kappa shape index (κ3) is 4.14. The number of pyridine rings is 1. The molecule has 4 aromatic heterocycles. The molecule has 1 fully saturated rings. The lowest BCUT2D eigenvalue weighted by molar-refractivity contribution is 0.397. The number of aromatic amines is 1. The highest BCUT2D eigenvalue weighted by molar-refractivity contribution is 5.85. The van der Waals surface area contributed by atoms with Gasteiger partial charge in [0.1, 0.15) is 23.2 Å². The maximum absolute atomic E-state index is 13.2. The van der Waals surface area contributed by atoms with E-state index in [0.29, 0.717) is 46.7 Å². The predicted molar refractivity (Wildman–Crippen MR) is 128 cm³/mol. The molecule has 0 bridgehead atoms. The third-order valence-corrected chi connectivity index (χ3v) is 5.95. The minimum absolute atomic E-state index is 0.354. The summed E-state index contributed by atoms with van der Waals surface area (Å²) in [5.74, 6) is 1.56. The average molecular weight is 468 g/mol. The second-order valence-electron chi connectivity index (χ2n) is 8.33. The van der Waals surface area contributed by atoms with Crippen LogP contribution in [0.3, 0.4) is 0 Å². The molecular weight excluding hydrogens is 447 g/mol. The number of rotatable bonds is 7. The van der Waals surface area contributed by atoms with E-state index in [2.05, 4.69) is 35.2 Å². The molecule has 1 aliphatic rings. The Morgan fingerprint density at radius 2 is 1.89 bits per heavy atom. The first kappa shape index (κ1) is 21.1. The lowest BCUT2D eigenvalue weighted by Crippen LogP contribution is -2.07. The SMILES string of the molecule is COc1ncnc(C2CC2)c1-c1nc(NCc2ccc(-c3ccc(F)cn3)cc2)c2[nH]cnc2n1. The monoisotopic (exact) mass is 468 g/mol. The van der Waals surface area contributed by atoms with Gasteiger partial charge in [-0.15, -0.1) is 0 Å². The van der Waals surface area contributed by atoms with E-state index in [-0.39, 0.29) is 5.82 Å². The quantitative estimate of drug-likeness (QED) is 0.359. The highest BCUT2D eigenvalue weighted by atomic mass is 19.1. The Hall–Kier alpha value is -4.47. The van der Waals surface area contributed by atoms with Gasteiger partial charge in [0.25, 0.3) is 0 Å². The molecule has 10 heteroatoms. The number of fused-ring (bicyclic) bond motifs is 1. The molecule has 0 spiro atoms. The molecule has 5 aromatic rings. The summed E-state index contributed by atoms with van der Waals surface area (Å²) in [6.07, 6.45) is 6.49. The molecule has 0 amide bonds. The summed E-state index contributed by atoms with van der Waals surface area (Å²) in [6.45, 7) is 0.527. The van der Waals surface area contributed by atoms with Crippen molar-refractivity contribution in [3.63, 3.8) is 0 Å². The molecule has 0 radical (unpaired) electrons. The Morgan fingerprint density at radius 1 is 1.03 bits per heavy atom. The van der Waals surface area contributed by atoms with Crippen molar-refractivity contribution in [2.24, 2.45) is 0 Å². The van der Waals surface area contributed by atoms with Crippen LogP contribution in [0.1, 0.15) is 30.0 Å². The van der Waals surface area contributed by atoms with Gasteiger partial charge in [0.05, 0.1) is 31.0 Å². The standard InChI is InChI=1S/C25H21FN8O/c1-35-25-19(20(16-6-7-16)29-13-32-25)22-33-23(21-24(34-22)31-12-30-21)28-10-14-2-4-15(5-3-14)18-9-8-17(26)11-27-18/h2-5,8-9,11-13,16H,6-7,10H2,1H3,(H2,28,30,31,33,34). The Kier molecular flexibility index (Phi) is 5.25. The van der Waals surface area contributed by atoms with Crippen molar-refractivity contribution in [1.82, 2.24) is 34.9 Å². The van der Waals surface area contributed by atoms with Gasteiger partial charge < -0.3 is 15.0 Å². The third-order valence-electron chi connectivity index (χ3n) is 5.95. The summed E-state index contributed by atoms with van der Waals surface area (Å²) in [6, 6.07) is 11.0. The lowest BCUT2D eigenvalue weighted by atomic mass is 10.1. The zero-order chi connectivity index (χ0) is 23.8. The van der Waals surface area contributed by atoms with Gasteiger partial charge in [0.15, 0.2) is 17.3 Å². The van der Waals surface area contributed by atoms with Crippen molar-refractivity contribution in [2.75, 3.05) is 12.4 Å². The van der Waals surface area contributed by atoms with Crippen LogP contribution < -0.4 is 10.1 Å². The largest absolute Gasteiger partial charge is 0.480 e. The van der Waals surface area contributed by atoms with E-state index in [4.69, 9.17) is 9.72 Å². The zero-order valence-corrected chi connectivity index (χ0v) is 18.9. The molecule has 1 saturated carbocycles. The maximum Gasteiger partial charge on any atom is 0.227 e. The zero-order valence-electron chi connectivity index (χ0n) is 18.9. The number of methoxy groups -OCH3 is 1. The molecule has 2 N–H and O–H groups in total. The molecule has 1 aliphatic carbocycles. The Labute approximate surface area is 199 Å². The second-order valence-corrected chi connectivity index (χ2v) is 8.33. The number of ether oxygens (including phenoxy) is 1. The molecule has 9 nitrogen and oxygen atoms in total. The highest BCUT2D eigenvalue weighted by Gasteiger charge is 2.31. The molecule has 0 atom stereocenters. The molecule has 4 heterocycles. The minimum Gasteiger partial charge on any atom is -0.480 e. The number of aromatic nitrogens is 7. The van der Waals surface area contributed by atoms with E-state index in [1.54, 1.807) is 19.5 Å². The number of hydrogen-bond donors (Lipinski definition) is 2. The highest BCUT2D eigenvalue weighted by Crippen LogP contribution is 2.45. The van der Waals surface area contributed by atoms with Crippen LogP contribution in [0.4, 0.5) is 10.2 Å². The van der Waals surface area contributed by atoms with Crippen LogP contribution in [-0.4, -0.2) is 42.0 Å². The number of nitrogens with one attached hydrogen (secondary N) is 2. The van der Waals surface area contributed by atoms with E-state index in [9.17, 15) is 4.39 Å². The topological polar surface area (TPSA) is 114 Å². The predicted octanol–water partition coefficient (Wildman–Crippen LogP) is 4.51. The number of benzene rings is 1. The van der Waals surface area contributed by atoms with Crippen LogP contribution in [0.2, 0.25) is 0 Å². The Morgan fingerprint density at radius 3 is 2.63 bits per heavy atom. The molecule has 0 saturated heterocycles. The van der Waals surface area contributed by atoms with Crippen LogP contribution in [0.15, 0.2) is 55.2 Å². The van der Waals surface area contributed by atoms with Gasteiger partial charge in [-0.1, -0.05) is 24.3 Å². The van der Waals surface area contributed by atoms with Gasteiger partial charge in [0.2, 0.25) is 5.88 Å². The first-order valence-electron chi connectivity index (χ1n) is 11.2. The van der Waals surface area contributed by atoms with Crippen LogP contribution in [0.5, 0.6) is 5.88 Å². The molecule has 1 aromatic carbocycles. The Bertz CT molecular complexity index is 1500. The Balaban J connectivity index is 1.30. The van der Waals surface area contributed by atoms with Crippen molar-refractivity contribution in [2.45, 2.75) is 25.3 Å². The van der Waals surface area contributed by atoms with Crippen LogP contribution in [0.25, 0.3) is 33.8 Å². The number of nitrogens with zero attached hydrogens (tertiary/aromatic N) is 6. The van der Waals surface area contributed by atoms with E-state index in [0.717, 1.165) is 35.4 Å². The van der Waals surface area contributed by atoms with Crippen molar-refractivity contribution in [3.8, 4) is 28.5 Å². The number of anilines is 1. The summed E-state index contributed by atoms with van der Waals surface area (Å²) in [7, 11) is 1.58. The van der Waals surface area contributed by atoms with Gasteiger partial charge in [0, 0.05) is 18.0 Å². The molecule has 6 rings (SSSR count). The fraction of sp³-hybridized carbons (Fsp3) is 0.200. The molecule has 0 unspecified atom stereocenters. The van der Waals surface area contributed by atoms with Crippen LogP contribution in [0, 0.1) is 5.82 Å². The smallest absolute Gasteiger partial charge is 0.227 e. The van der Waals surface area contributed by atoms with Gasteiger partial charge in [-0.25, -0.2) is 29.3 Å². The second kappa shape index (κ2) is 8.71. The van der Waals surface area contributed by atoms with E-state index < -0.39 is 0 Å². The van der Waals surface area contributed by atoms with Crippen molar-refractivity contribution >= 4 is 17.0 Å². The molecular formula is C25H21FN8O. The number of halogens is 1. The summed E-state index contributed by atoms with van der Waals surface area (Å²) in [5, 5.41) is 3.40. The van der Waals surface area contributed by atoms with Crippen molar-refractivity contribution in [1.29, 1.82) is 0 Å². The number of H-pyrrole nitrogens is 1. The summed E-state index contributed by atoms with van der Waals surface area (Å²) >= 11 is 0. The van der Waals surface area contributed by atoms with Crippen LogP contribution >= 0.6 is 0 Å². The van der Waals surface area contributed by atoms with Crippen LogP contribution in [-0.2, 0) is 6.54 Å². The fourth-order valence-corrected chi connectivity index (χ4v) is 4.01. The van der Waals surface area contributed by atoms with E-state index in [1.807, 2.05) is 24.3 Å².